The predicted molar refractivity (Wildman–Crippen MR) is 162 cm³/mol. The third-order valence-electron chi connectivity index (χ3n) is 8.79. The molecular weight excluding hydrogens is 514 g/mol. The second-order valence-corrected chi connectivity index (χ2v) is 12.4. The average molecular weight is 556 g/mol. The Morgan fingerprint density at radius 2 is 1.71 bits per heavy atom. The van der Waals surface area contributed by atoms with Crippen molar-refractivity contribution in [2.75, 3.05) is 53.4 Å². The highest BCUT2D eigenvalue weighted by atomic mass is 16.2. The van der Waals surface area contributed by atoms with Crippen LogP contribution in [0, 0.1) is 12.8 Å². The summed E-state index contributed by atoms with van der Waals surface area (Å²) in [6.45, 7) is 7.65. The topological polar surface area (TPSA) is 77.9 Å². The van der Waals surface area contributed by atoms with Crippen LogP contribution in [0.3, 0.4) is 0 Å². The Balaban J connectivity index is 1.35. The first kappa shape index (κ1) is 27.7. The lowest BCUT2D eigenvalue weighted by molar-refractivity contribution is 0.0630. The van der Waals surface area contributed by atoms with Crippen LogP contribution in [0.4, 0.5) is 0 Å². The number of piperazine rings is 1. The minimum atomic E-state index is -0.0452. The lowest BCUT2D eigenvalue weighted by atomic mass is 9.93. The maximum atomic E-state index is 14.0. The van der Waals surface area contributed by atoms with Crippen molar-refractivity contribution in [1.29, 1.82) is 0 Å². The molecule has 1 N–H and O–H groups in total. The number of hydrogen-bond donors (Lipinski definition) is 1. The molecule has 0 unspecified atom stereocenters. The predicted octanol–water partition coefficient (Wildman–Crippen LogP) is 3.60. The van der Waals surface area contributed by atoms with Crippen LogP contribution in [-0.4, -0.2) is 90.5 Å². The Bertz CT molecular complexity index is 1530. The molecule has 6 rings (SSSR count). The van der Waals surface area contributed by atoms with Gasteiger partial charge in [0.2, 0.25) is 0 Å². The molecule has 0 spiro atoms. The SMILES string of the molecule is Cc1c(C(=O)NC2CC2)cccc1-c1ccc2c(=O)n(CC3CC3)cc(C(=O)N3CCN(CCN(C)C)CC3)c2c1. The van der Waals surface area contributed by atoms with Crippen molar-refractivity contribution < 1.29 is 9.59 Å². The molecule has 2 aromatic carbocycles. The van der Waals surface area contributed by atoms with Gasteiger partial charge in [-0.2, -0.15) is 0 Å². The number of fused-ring (bicyclic) bond motifs is 1. The van der Waals surface area contributed by atoms with Crippen LogP contribution in [0.25, 0.3) is 21.9 Å². The van der Waals surface area contributed by atoms with Gasteiger partial charge >= 0.3 is 0 Å². The fourth-order valence-electron chi connectivity index (χ4n) is 5.82. The van der Waals surface area contributed by atoms with E-state index in [4.69, 9.17) is 0 Å². The van der Waals surface area contributed by atoms with E-state index in [0.29, 0.717) is 47.5 Å². The van der Waals surface area contributed by atoms with Crippen molar-refractivity contribution in [2.24, 2.45) is 5.92 Å². The molecule has 2 heterocycles. The van der Waals surface area contributed by atoms with Gasteiger partial charge in [-0.3, -0.25) is 19.3 Å². The molecule has 8 heteroatoms. The first-order chi connectivity index (χ1) is 19.8. The van der Waals surface area contributed by atoms with Gasteiger partial charge in [0.25, 0.3) is 17.4 Å². The summed E-state index contributed by atoms with van der Waals surface area (Å²) < 4.78 is 1.76. The number of likely N-dealkylation sites (N-methyl/N-ethyl adjacent to an activating group) is 1. The molecule has 0 radical (unpaired) electrons. The number of hydrogen-bond acceptors (Lipinski definition) is 5. The van der Waals surface area contributed by atoms with Crippen LogP contribution in [0.15, 0.2) is 47.4 Å². The Morgan fingerprint density at radius 3 is 2.39 bits per heavy atom. The maximum Gasteiger partial charge on any atom is 0.258 e. The maximum absolute atomic E-state index is 14.0. The second-order valence-electron chi connectivity index (χ2n) is 12.4. The first-order valence-corrected chi connectivity index (χ1v) is 15.0. The molecule has 3 aliphatic rings. The lowest BCUT2D eigenvalue weighted by Gasteiger charge is -2.35. The fourth-order valence-corrected chi connectivity index (χ4v) is 5.82. The van der Waals surface area contributed by atoms with Crippen molar-refractivity contribution in [3.63, 3.8) is 0 Å². The molecule has 41 heavy (non-hydrogen) atoms. The largest absolute Gasteiger partial charge is 0.349 e. The summed E-state index contributed by atoms with van der Waals surface area (Å²) in [5, 5.41) is 4.35. The summed E-state index contributed by atoms with van der Waals surface area (Å²) in [7, 11) is 4.16. The molecule has 216 valence electrons. The number of carbonyl (C=O) groups is 2. The number of nitrogens with one attached hydrogen (secondary N) is 1. The van der Waals surface area contributed by atoms with Gasteiger partial charge in [-0.1, -0.05) is 18.2 Å². The van der Waals surface area contributed by atoms with Gasteiger partial charge in [0.1, 0.15) is 0 Å². The number of benzene rings is 2. The van der Waals surface area contributed by atoms with E-state index in [-0.39, 0.29) is 23.4 Å². The molecule has 3 fully saturated rings. The molecule has 1 aromatic heterocycles. The first-order valence-electron chi connectivity index (χ1n) is 15.0. The summed E-state index contributed by atoms with van der Waals surface area (Å²) in [5.41, 5.74) is 3.94. The summed E-state index contributed by atoms with van der Waals surface area (Å²) in [5.74, 6) is 0.453. The minimum absolute atomic E-state index is 0.0155. The molecule has 2 aliphatic carbocycles. The number of rotatable bonds is 9. The second kappa shape index (κ2) is 11.4. The molecule has 8 nitrogen and oxygen atoms in total. The molecular formula is C33H41N5O3. The summed E-state index contributed by atoms with van der Waals surface area (Å²) >= 11 is 0. The van der Waals surface area contributed by atoms with E-state index in [0.717, 1.165) is 68.6 Å². The zero-order valence-electron chi connectivity index (χ0n) is 24.5. The Hall–Kier alpha value is -3.49. The van der Waals surface area contributed by atoms with Crippen LogP contribution >= 0.6 is 0 Å². The van der Waals surface area contributed by atoms with Gasteiger partial charge < -0.3 is 19.7 Å². The molecule has 0 bridgehead atoms. The quantitative estimate of drug-likeness (QED) is 0.437. The van der Waals surface area contributed by atoms with E-state index in [9.17, 15) is 14.4 Å². The van der Waals surface area contributed by atoms with Crippen LogP contribution in [0.1, 0.15) is 52.0 Å². The van der Waals surface area contributed by atoms with Gasteiger partial charge in [-0.05, 0) is 87.5 Å². The average Bonchev–Trinajstić information content (AvgIpc) is 3.91. The lowest BCUT2D eigenvalue weighted by Crippen LogP contribution is -2.50. The molecule has 2 saturated carbocycles. The van der Waals surface area contributed by atoms with E-state index in [1.54, 1.807) is 10.8 Å². The number of aromatic nitrogens is 1. The zero-order valence-corrected chi connectivity index (χ0v) is 24.5. The van der Waals surface area contributed by atoms with E-state index in [2.05, 4.69) is 29.2 Å². The van der Waals surface area contributed by atoms with Gasteiger partial charge in [-0.15, -0.1) is 0 Å². The smallest absolute Gasteiger partial charge is 0.258 e. The molecule has 2 amide bonds. The van der Waals surface area contributed by atoms with Gasteiger partial charge in [0.15, 0.2) is 0 Å². The molecule has 0 atom stereocenters. The number of pyridine rings is 1. The highest BCUT2D eigenvalue weighted by Crippen LogP contribution is 2.33. The third-order valence-corrected chi connectivity index (χ3v) is 8.79. The number of carbonyl (C=O) groups excluding carboxylic acids is 2. The van der Waals surface area contributed by atoms with Gasteiger partial charge in [0.05, 0.1) is 5.56 Å². The van der Waals surface area contributed by atoms with E-state index >= 15 is 0 Å². The van der Waals surface area contributed by atoms with E-state index in [1.807, 2.05) is 48.2 Å². The highest BCUT2D eigenvalue weighted by Gasteiger charge is 2.28. The summed E-state index contributed by atoms with van der Waals surface area (Å²) in [4.78, 5) is 47.0. The van der Waals surface area contributed by atoms with Crippen LogP contribution in [0.5, 0.6) is 0 Å². The monoisotopic (exact) mass is 555 g/mol. The summed E-state index contributed by atoms with van der Waals surface area (Å²) in [6, 6.07) is 11.9. The summed E-state index contributed by atoms with van der Waals surface area (Å²) in [6.07, 6.45) is 6.14. The molecule has 1 aliphatic heterocycles. The standard InChI is InChI=1S/C33H41N5O3/c1-22-26(5-4-6-27(22)31(39)34-25-10-11-25)24-9-12-28-29(19-24)30(21-38(32(28)40)20-23-7-8-23)33(41)37-17-15-36(16-18-37)14-13-35(2)3/h4-6,9,12,19,21,23,25H,7-8,10-11,13-18,20H2,1-3H3,(H,34,39). The van der Waals surface area contributed by atoms with Gasteiger partial charge in [-0.25, -0.2) is 0 Å². The highest BCUT2D eigenvalue weighted by molar-refractivity contribution is 6.08. The van der Waals surface area contributed by atoms with Crippen molar-refractivity contribution >= 4 is 22.6 Å². The Kier molecular flexibility index (Phi) is 7.70. The van der Waals surface area contributed by atoms with Crippen molar-refractivity contribution in [3.05, 3.63) is 69.6 Å². The van der Waals surface area contributed by atoms with Crippen molar-refractivity contribution in [2.45, 2.75) is 45.2 Å². The van der Waals surface area contributed by atoms with Crippen molar-refractivity contribution in [1.82, 2.24) is 24.6 Å². The number of amides is 2. The zero-order chi connectivity index (χ0) is 28.7. The Morgan fingerprint density at radius 1 is 0.951 bits per heavy atom. The van der Waals surface area contributed by atoms with E-state index < -0.39 is 0 Å². The van der Waals surface area contributed by atoms with Crippen LogP contribution in [-0.2, 0) is 6.54 Å². The van der Waals surface area contributed by atoms with Crippen molar-refractivity contribution in [3.8, 4) is 11.1 Å². The fraction of sp³-hybridized carbons (Fsp3) is 0.485. The normalized spacial score (nSPS) is 17.8. The Labute approximate surface area is 241 Å². The third kappa shape index (κ3) is 6.09. The molecule has 3 aromatic rings. The minimum Gasteiger partial charge on any atom is -0.349 e. The molecule has 1 saturated heterocycles. The van der Waals surface area contributed by atoms with Gasteiger partial charge in [0, 0.05) is 74.4 Å². The van der Waals surface area contributed by atoms with E-state index in [1.165, 1.54) is 0 Å². The van der Waals surface area contributed by atoms with Crippen LogP contribution < -0.4 is 10.9 Å². The van der Waals surface area contributed by atoms with Crippen LogP contribution in [0.2, 0.25) is 0 Å². The number of nitrogens with zero attached hydrogens (tertiary/aromatic N) is 4.